The number of benzene rings is 1. The Labute approximate surface area is 98.7 Å². The fourth-order valence-corrected chi connectivity index (χ4v) is 1.07. The third-order valence-electron chi connectivity index (χ3n) is 1.74. The molecule has 0 aliphatic carbocycles. The molecule has 0 heterocycles. The van der Waals surface area contributed by atoms with Gasteiger partial charge in [-0.1, -0.05) is 23.4 Å². The number of nitrogens with one attached hydrogen (secondary N) is 1. The fraction of sp³-hybridized carbons (Fsp3) is 0.200. The highest BCUT2D eigenvalue weighted by molar-refractivity contribution is 5.95. The van der Waals surface area contributed by atoms with E-state index in [2.05, 4.69) is 20.0 Å². The maximum absolute atomic E-state index is 11.4. The SMILES string of the molecule is CON(OC)C(=O)NC(N)=Nc1ccccc1. The molecule has 0 atom stereocenters. The number of para-hydroxylation sites is 1. The number of amides is 2. The Kier molecular flexibility index (Phi) is 4.92. The van der Waals surface area contributed by atoms with Gasteiger partial charge >= 0.3 is 6.03 Å². The van der Waals surface area contributed by atoms with E-state index in [1.165, 1.54) is 14.2 Å². The molecule has 0 saturated carbocycles. The molecule has 17 heavy (non-hydrogen) atoms. The van der Waals surface area contributed by atoms with Gasteiger partial charge in [0.25, 0.3) is 0 Å². The molecule has 0 saturated heterocycles. The van der Waals surface area contributed by atoms with E-state index >= 15 is 0 Å². The second kappa shape index (κ2) is 6.46. The van der Waals surface area contributed by atoms with Crippen LogP contribution in [0.4, 0.5) is 10.5 Å². The smallest absolute Gasteiger partial charge is 0.369 e. The van der Waals surface area contributed by atoms with Crippen LogP contribution in [0.5, 0.6) is 0 Å². The lowest BCUT2D eigenvalue weighted by atomic mass is 10.3. The number of rotatable bonds is 3. The van der Waals surface area contributed by atoms with E-state index in [1.54, 1.807) is 12.1 Å². The average molecular weight is 238 g/mol. The molecule has 0 unspecified atom stereocenters. The van der Waals surface area contributed by atoms with Crippen molar-refractivity contribution in [2.75, 3.05) is 14.2 Å². The molecule has 0 fully saturated rings. The van der Waals surface area contributed by atoms with Crippen LogP contribution in [0.25, 0.3) is 0 Å². The largest absolute Gasteiger partial charge is 0.373 e. The van der Waals surface area contributed by atoms with Crippen LogP contribution in [0.1, 0.15) is 0 Å². The van der Waals surface area contributed by atoms with Crippen LogP contribution < -0.4 is 11.1 Å². The standard InChI is InChI=1S/C10H14N4O3/c1-16-14(17-2)10(15)13-9(11)12-8-6-4-3-5-7-8/h3-7H,1-2H3,(H3,11,12,13,15). The normalized spacial score (nSPS) is 11.1. The van der Waals surface area contributed by atoms with Gasteiger partial charge in [0.15, 0.2) is 0 Å². The molecule has 0 aliphatic rings. The predicted octanol–water partition coefficient (Wildman–Crippen LogP) is 0.767. The minimum absolute atomic E-state index is 0.0553. The Bertz CT molecular complexity index is 390. The van der Waals surface area contributed by atoms with Crippen molar-refractivity contribution in [2.45, 2.75) is 0 Å². The third-order valence-corrected chi connectivity index (χ3v) is 1.74. The van der Waals surface area contributed by atoms with E-state index in [-0.39, 0.29) is 5.96 Å². The third kappa shape index (κ3) is 4.09. The molecular formula is C10H14N4O3. The first-order valence-corrected chi connectivity index (χ1v) is 4.76. The number of hydrogen-bond acceptors (Lipinski definition) is 4. The van der Waals surface area contributed by atoms with Crippen molar-refractivity contribution in [1.29, 1.82) is 0 Å². The highest BCUT2D eigenvalue weighted by Crippen LogP contribution is 2.08. The number of carbonyl (C=O) groups excluding carboxylic acids is 1. The van der Waals surface area contributed by atoms with Gasteiger partial charge in [0.1, 0.15) is 0 Å². The summed E-state index contributed by atoms with van der Waals surface area (Å²) < 4.78 is 0. The number of guanidine groups is 1. The summed E-state index contributed by atoms with van der Waals surface area (Å²) in [5.74, 6) is -0.0553. The predicted molar refractivity (Wildman–Crippen MR) is 62.1 cm³/mol. The van der Waals surface area contributed by atoms with Crippen molar-refractivity contribution in [3.05, 3.63) is 30.3 Å². The highest BCUT2D eigenvalue weighted by Gasteiger charge is 2.13. The zero-order chi connectivity index (χ0) is 12.7. The summed E-state index contributed by atoms with van der Waals surface area (Å²) in [4.78, 5) is 24.6. The van der Waals surface area contributed by atoms with Gasteiger partial charge in [-0.15, -0.1) is 0 Å². The Morgan fingerprint density at radius 1 is 1.29 bits per heavy atom. The number of aliphatic imine (C=N–C) groups is 1. The Morgan fingerprint density at radius 2 is 1.88 bits per heavy atom. The molecule has 92 valence electrons. The summed E-state index contributed by atoms with van der Waals surface area (Å²) in [5.41, 5.74) is 6.17. The van der Waals surface area contributed by atoms with Crippen LogP contribution in [0.2, 0.25) is 0 Å². The molecular weight excluding hydrogens is 224 g/mol. The fourth-order valence-electron chi connectivity index (χ4n) is 1.07. The second-order valence-electron chi connectivity index (χ2n) is 2.89. The van der Waals surface area contributed by atoms with E-state index in [9.17, 15) is 4.79 Å². The molecule has 0 aliphatic heterocycles. The lowest BCUT2D eigenvalue weighted by Gasteiger charge is -2.15. The number of nitrogens with two attached hydrogens (primary N) is 1. The van der Waals surface area contributed by atoms with Gasteiger partial charge in [0.05, 0.1) is 19.9 Å². The summed E-state index contributed by atoms with van der Waals surface area (Å²) in [5, 5.41) is 2.93. The number of carbonyl (C=O) groups is 1. The Morgan fingerprint density at radius 3 is 2.41 bits per heavy atom. The van der Waals surface area contributed by atoms with Gasteiger partial charge in [-0.2, -0.15) is 0 Å². The number of hydroxylamine groups is 2. The van der Waals surface area contributed by atoms with Gasteiger partial charge in [-0.25, -0.2) is 19.5 Å². The minimum Gasteiger partial charge on any atom is -0.369 e. The molecule has 0 spiro atoms. The first kappa shape index (κ1) is 12.9. The first-order chi connectivity index (χ1) is 8.17. The molecule has 0 bridgehead atoms. The number of nitrogens with zero attached hydrogens (tertiary/aromatic N) is 2. The van der Waals surface area contributed by atoms with Crippen molar-refractivity contribution in [3.8, 4) is 0 Å². The van der Waals surface area contributed by atoms with Crippen LogP contribution >= 0.6 is 0 Å². The number of urea groups is 1. The first-order valence-electron chi connectivity index (χ1n) is 4.76. The van der Waals surface area contributed by atoms with Crippen LogP contribution in [-0.2, 0) is 9.68 Å². The molecule has 1 aromatic carbocycles. The van der Waals surface area contributed by atoms with Gasteiger partial charge < -0.3 is 5.73 Å². The molecule has 0 aromatic heterocycles. The van der Waals surface area contributed by atoms with Crippen LogP contribution in [0.15, 0.2) is 35.3 Å². The van der Waals surface area contributed by atoms with E-state index in [0.29, 0.717) is 10.9 Å². The van der Waals surface area contributed by atoms with Crippen molar-refractivity contribution >= 4 is 17.7 Å². The molecule has 2 amide bonds. The Balaban J connectivity index is 2.63. The van der Waals surface area contributed by atoms with E-state index < -0.39 is 6.03 Å². The van der Waals surface area contributed by atoms with Crippen LogP contribution in [0.3, 0.4) is 0 Å². The molecule has 1 aromatic rings. The summed E-state index contributed by atoms with van der Waals surface area (Å²) in [7, 11) is 2.57. The van der Waals surface area contributed by atoms with Crippen molar-refractivity contribution in [2.24, 2.45) is 10.7 Å². The van der Waals surface area contributed by atoms with E-state index in [4.69, 9.17) is 5.73 Å². The zero-order valence-electron chi connectivity index (χ0n) is 9.58. The minimum atomic E-state index is -0.674. The van der Waals surface area contributed by atoms with Gasteiger partial charge in [-0.05, 0) is 12.1 Å². The van der Waals surface area contributed by atoms with Gasteiger partial charge in [0.2, 0.25) is 5.96 Å². The molecule has 7 heteroatoms. The highest BCUT2D eigenvalue weighted by atomic mass is 16.9. The number of hydrogen-bond donors (Lipinski definition) is 2. The van der Waals surface area contributed by atoms with Crippen molar-refractivity contribution < 1.29 is 14.5 Å². The zero-order valence-corrected chi connectivity index (χ0v) is 9.58. The topological polar surface area (TPSA) is 89.2 Å². The maximum atomic E-state index is 11.4. The quantitative estimate of drug-likeness (QED) is 0.462. The summed E-state index contributed by atoms with van der Waals surface area (Å²) in [6, 6.07) is 8.31. The summed E-state index contributed by atoms with van der Waals surface area (Å²) in [6.07, 6.45) is 0. The van der Waals surface area contributed by atoms with Gasteiger partial charge in [0, 0.05) is 0 Å². The molecule has 0 radical (unpaired) electrons. The molecule has 3 N–H and O–H groups in total. The van der Waals surface area contributed by atoms with E-state index in [1.807, 2.05) is 18.2 Å². The van der Waals surface area contributed by atoms with E-state index in [0.717, 1.165) is 0 Å². The molecule has 7 nitrogen and oxygen atoms in total. The lowest BCUT2D eigenvalue weighted by Crippen LogP contribution is -2.44. The summed E-state index contributed by atoms with van der Waals surface area (Å²) >= 11 is 0. The van der Waals surface area contributed by atoms with Crippen LogP contribution in [0, 0.1) is 0 Å². The van der Waals surface area contributed by atoms with Crippen molar-refractivity contribution in [3.63, 3.8) is 0 Å². The van der Waals surface area contributed by atoms with Gasteiger partial charge in [-0.3, -0.25) is 5.32 Å². The summed E-state index contributed by atoms with van der Waals surface area (Å²) in [6.45, 7) is 0. The van der Waals surface area contributed by atoms with Crippen LogP contribution in [-0.4, -0.2) is 31.4 Å². The second-order valence-corrected chi connectivity index (χ2v) is 2.89. The van der Waals surface area contributed by atoms with Crippen molar-refractivity contribution in [1.82, 2.24) is 10.5 Å². The lowest BCUT2D eigenvalue weighted by molar-refractivity contribution is -0.297. The maximum Gasteiger partial charge on any atom is 0.373 e. The molecule has 1 rings (SSSR count). The monoisotopic (exact) mass is 238 g/mol. The Hall–Kier alpha value is -2.12. The average Bonchev–Trinajstić information content (AvgIpc) is 2.31.